The molecule has 12 heteroatoms. The molecule has 0 aliphatic carbocycles. The van der Waals surface area contributed by atoms with Crippen LogP contribution in [0.15, 0.2) is 18.2 Å². The number of piperidine rings is 1. The van der Waals surface area contributed by atoms with E-state index in [1.165, 1.54) is 28.4 Å². The van der Waals surface area contributed by atoms with Crippen molar-refractivity contribution >= 4 is 21.7 Å². The quantitative estimate of drug-likeness (QED) is 0.567. The number of carbonyl (C=O) groups is 2. The van der Waals surface area contributed by atoms with Crippen molar-refractivity contribution in [2.45, 2.75) is 18.1 Å². The van der Waals surface area contributed by atoms with Gasteiger partial charge in [-0.2, -0.15) is 5.10 Å². The van der Waals surface area contributed by atoms with Gasteiger partial charge in [0, 0.05) is 25.7 Å². The van der Waals surface area contributed by atoms with Gasteiger partial charge in [0.15, 0.2) is 21.3 Å². The monoisotopic (exact) mass is 480 g/mol. The van der Waals surface area contributed by atoms with Gasteiger partial charge in [-0.3, -0.25) is 14.7 Å². The van der Waals surface area contributed by atoms with Crippen LogP contribution in [0.5, 0.6) is 17.2 Å². The summed E-state index contributed by atoms with van der Waals surface area (Å²) in [4.78, 5) is 26.0. The van der Waals surface area contributed by atoms with Gasteiger partial charge >= 0.3 is 0 Å². The van der Waals surface area contributed by atoms with E-state index in [0.717, 1.165) is 0 Å². The van der Waals surface area contributed by atoms with Crippen molar-refractivity contribution in [3.8, 4) is 28.5 Å². The van der Waals surface area contributed by atoms with Crippen LogP contribution in [0.3, 0.4) is 0 Å². The van der Waals surface area contributed by atoms with E-state index in [2.05, 4.69) is 15.5 Å². The number of hydrogen-bond acceptors (Lipinski definition) is 8. The lowest BCUT2D eigenvalue weighted by atomic mass is 10.1. The molecule has 2 amide bonds. The van der Waals surface area contributed by atoms with Crippen molar-refractivity contribution in [3.05, 3.63) is 23.9 Å². The number of aromatic amines is 1. The number of rotatable bonds is 8. The van der Waals surface area contributed by atoms with Gasteiger partial charge in [0.05, 0.1) is 32.3 Å². The van der Waals surface area contributed by atoms with E-state index in [1.807, 2.05) is 0 Å². The highest BCUT2D eigenvalue weighted by Crippen LogP contribution is 2.40. The van der Waals surface area contributed by atoms with E-state index in [1.54, 1.807) is 23.1 Å². The first-order valence-corrected chi connectivity index (χ1v) is 12.0. The van der Waals surface area contributed by atoms with Gasteiger partial charge in [-0.05, 0) is 31.0 Å². The fourth-order valence-electron chi connectivity index (χ4n) is 3.77. The SMILES string of the molecule is CNC(=O)CS(=O)(=O)C1CCN(C(=O)c2cc(-c3cc(OC)c(OC)c(OC)c3)n[nH]2)CC1. The summed E-state index contributed by atoms with van der Waals surface area (Å²) < 4.78 is 40.9. The summed E-state index contributed by atoms with van der Waals surface area (Å²) >= 11 is 0. The summed E-state index contributed by atoms with van der Waals surface area (Å²) in [6, 6.07) is 5.08. The standard InChI is InChI=1S/C21H28N4O7S/c1-22-19(26)12-33(28,29)14-5-7-25(8-6-14)21(27)16-11-15(23-24-16)13-9-17(30-2)20(32-4)18(10-13)31-3/h9-11,14H,5-8,12H2,1-4H3,(H,22,26)(H,23,24). The highest BCUT2D eigenvalue weighted by atomic mass is 32.2. The molecule has 3 rings (SSSR count). The molecule has 2 heterocycles. The number of nitrogens with zero attached hydrogens (tertiary/aromatic N) is 2. The lowest BCUT2D eigenvalue weighted by molar-refractivity contribution is -0.118. The molecular weight excluding hydrogens is 452 g/mol. The Kier molecular flexibility index (Phi) is 7.46. The Balaban J connectivity index is 1.72. The molecule has 1 aromatic heterocycles. The Labute approximate surface area is 192 Å². The normalized spacial score (nSPS) is 14.6. The number of benzene rings is 1. The predicted octanol–water partition coefficient (Wildman–Crippen LogP) is 0.868. The summed E-state index contributed by atoms with van der Waals surface area (Å²) in [5, 5.41) is 8.68. The van der Waals surface area contributed by atoms with Gasteiger partial charge in [-0.15, -0.1) is 0 Å². The van der Waals surface area contributed by atoms with Gasteiger partial charge in [-0.1, -0.05) is 0 Å². The molecule has 1 aromatic carbocycles. The van der Waals surface area contributed by atoms with Gasteiger partial charge in [-0.25, -0.2) is 8.42 Å². The molecule has 0 saturated carbocycles. The second-order valence-electron chi connectivity index (χ2n) is 7.55. The summed E-state index contributed by atoms with van der Waals surface area (Å²) in [6.45, 7) is 0.546. The molecule has 0 unspecified atom stereocenters. The first-order chi connectivity index (χ1) is 15.7. The average Bonchev–Trinajstić information content (AvgIpc) is 3.32. The summed E-state index contributed by atoms with van der Waals surface area (Å²) in [7, 11) is 2.37. The molecule has 33 heavy (non-hydrogen) atoms. The Hall–Kier alpha value is -3.28. The van der Waals surface area contributed by atoms with Crippen molar-refractivity contribution in [3.63, 3.8) is 0 Å². The maximum Gasteiger partial charge on any atom is 0.271 e. The number of hydrogen-bond donors (Lipinski definition) is 2. The zero-order valence-electron chi connectivity index (χ0n) is 19.0. The Morgan fingerprint density at radius 1 is 1.09 bits per heavy atom. The molecule has 0 atom stereocenters. The minimum absolute atomic E-state index is 0.273. The van der Waals surface area contributed by atoms with Crippen molar-refractivity contribution in [2.75, 3.05) is 47.2 Å². The van der Waals surface area contributed by atoms with Gasteiger partial charge in [0.2, 0.25) is 11.7 Å². The number of amides is 2. The van der Waals surface area contributed by atoms with Crippen LogP contribution in [0.1, 0.15) is 23.3 Å². The Morgan fingerprint density at radius 2 is 1.70 bits per heavy atom. The second-order valence-corrected chi connectivity index (χ2v) is 9.83. The van der Waals surface area contributed by atoms with Gasteiger partial charge < -0.3 is 24.4 Å². The third-order valence-electron chi connectivity index (χ3n) is 5.62. The Morgan fingerprint density at radius 3 is 2.21 bits per heavy atom. The fourth-order valence-corrected chi connectivity index (χ4v) is 5.44. The second kappa shape index (κ2) is 10.1. The van der Waals surface area contributed by atoms with Crippen LogP contribution in [0.4, 0.5) is 0 Å². The molecule has 0 bridgehead atoms. The number of ether oxygens (including phenoxy) is 3. The van der Waals surface area contributed by atoms with Crippen molar-refractivity contribution in [1.29, 1.82) is 0 Å². The molecule has 1 aliphatic rings. The molecule has 0 spiro atoms. The van der Waals surface area contributed by atoms with Crippen LogP contribution in [0.2, 0.25) is 0 Å². The van der Waals surface area contributed by atoms with E-state index in [0.29, 0.717) is 28.5 Å². The molecule has 11 nitrogen and oxygen atoms in total. The summed E-state index contributed by atoms with van der Waals surface area (Å²) in [6.07, 6.45) is 0.553. The van der Waals surface area contributed by atoms with Crippen molar-refractivity contribution < 1.29 is 32.2 Å². The number of nitrogens with one attached hydrogen (secondary N) is 2. The van der Waals surface area contributed by atoms with Crippen LogP contribution >= 0.6 is 0 Å². The third kappa shape index (κ3) is 5.21. The highest BCUT2D eigenvalue weighted by molar-refractivity contribution is 7.92. The molecule has 180 valence electrons. The smallest absolute Gasteiger partial charge is 0.271 e. The van der Waals surface area contributed by atoms with E-state index in [-0.39, 0.29) is 37.5 Å². The number of H-pyrrole nitrogens is 1. The van der Waals surface area contributed by atoms with E-state index in [9.17, 15) is 18.0 Å². The lowest BCUT2D eigenvalue weighted by Gasteiger charge is -2.31. The molecule has 1 saturated heterocycles. The minimum Gasteiger partial charge on any atom is -0.493 e. The van der Waals surface area contributed by atoms with Crippen LogP contribution in [0, 0.1) is 0 Å². The molecule has 1 fully saturated rings. The minimum atomic E-state index is -3.56. The first kappa shape index (κ1) is 24.4. The number of likely N-dealkylation sites (tertiary alicyclic amines) is 1. The Bertz CT molecular complexity index is 1100. The van der Waals surface area contributed by atoms with E-state index >= 15 is 0 Å². The predicted molar refractivity (Wildman–Crippen MR) is 120 cm³/mol. The largest absolute Gasteiger partial charge is 0.493 e. The summed E-state index contributed by atoms with van der Waals surface area (Å²) in [5.74, 6) is 0.0184. The zero-order valence-corrected chi connectivity index (χ0v) is 19.8. The topological polar surface area (TPSA) is 140 Å². The third-order valence-corrected chi connectivity index (χ3v) is 7.77. The van der Waals surface area contributed by atoms with Gasteiger partial charge in [0.25, 0.3) is 5.91 Å². The highest BCUT2D eigenvalue weighted by Gasteiger charge is 2.33. The van der Waals surface area contributed by atoms with Crippen LogP contribution < -0.4 is 19.5 Å². The number of methoxy groups -OCH3 is 3. The maximum atomic E-state index is 12.9. The van der Waals surface area contributed by atoms with E-state index in [4.69, 9.17) is 14.2 Å². The number of carbonyl (C=O) groups excluding carboxylic acids is 2. The number of aromatic nitrogens is 2. The van der Waals surface area contributed by atoms with Crippen LogP contribution in [0.25, 0.3) is 11.3 Å². The molecule has 2 aromatic rings. The zero-order chi connectivity index (χ0) is 24.2. The molecular formula is C21H28N4O7S. The number of sulfone groups is 1. The first-order valence-electron chi connectivity index (χ1n) is 10.3. The van der Waals surface area contributed by atoms with Crippen LogP contribution in [-0.2, 0) is 14.6 Å². The molecule has 1 aliphatic heterocycles. The van der Waals surface area contributed by atoms with Crippen molar-refractivity contribution in [1.82, 2.24) is 20.4 Å². The molecule has 0 radical (unpaired) electrons. The average molecular weight is 481 g/mol. The van der Waals surface area contributed by atoms with Crippen molar-refractivity contribution in [2.24, 2.45) is 0 Å². The lowest BCUT2D eigenvalue weighted by Crippen LogP contribution is -2.44. The maximum absolute atomic E-state index is 12.9. The van der Waals surface area contributed by atoms with E-state index < -0.39 is 26.7 Å². The molecule has 2 N–H and O–H groups in total. The fraction of sp³-hybridized carbons (Fsp3) is 0.476. The van der Waals surface area contributed by atoms with Gasteiger partial charge in [0.1, 0.15) is 11.4 Å². The van der Waals surface area contributed by atoms with Crippen LogP contribution in [-0.4, -0.2) is 87.8 Å². The summed E-state index contributed by atoms with van der Waals surface area (Å²) in [5.41, 5.74) is 1.46.